The molecule has 0 aromatic carbocycles. The van der Waals surface area contributed by atoms with Crippen molar-refractivity contribution in [3.05, 3.63) is 35.8 Å². The summed E-state index contributed by atoms with van der Waals surface area (Å²) in [5, 5.41) is 9.66. The van der Waals surface area contributed by atoms with Gasteiger partial charge in [-0.2, -0.15) is 0 Å². The van der Waals surface area contributed by atoms with Crippen molar-refractivity contribution < 1.29 is 19.1 Å². The minimum absolute atomic E-state index is 0.0915. The van der Waals surface area contributed by atoms with E-state index in [0.717, 1.165) is 25.7 Å². The van der Waals surface area contributed by atoms with E-state index in [2.05, 4.69) is 20.8 Å². The number of furan rings is 1. The molecule has 2 aliphatic carbocycles. The average molecular weight is 330 g/mol. The van der Waals surface area contributed by atoms with Crippen LogP contribution >= 0.6 is 0 Å². The predicted octanol–water partition coefficient (Wildman–Crippen LogP) is 4.72. The molecule has 4 nitrogen and oxygen atoms in total. The molecule has 1 aromatic rings. The molecule has 1 N–H and O–H groups in total. The fourth-order valence-electron chi connectivity index (χ4n) is 5.19. The smallest absolute Gasteiger partial charge is 0.331 e. The summed E-state index contributed by atoms with van der Waals surface area (Å²) in [6.45, 7) is 6.48. The molecular weight excluding hydrogens is 304 g/mol. The van der Waals surface area contributed by atoms with Crippen LogP contribution in [0.1, 0.15) is 63.2 Å². The van der Waals surface area contributed by atoms with Crippen LogP contribution < -0.4 is 0 Å². The van der Waals surface area contributed by atoms with E-state index in [4.69, 9.17) is 4.42 Å². The van der Waals surface area contributed by atoms with Gasteiger partial charge in [-0.15, -0.1) is 0 Å². The largest absolute Gasteiger partial charge is 0.478 e. The Kier molecular flexibility index (Phi) is 4.18. The lowest BCUT2D eigenvalue weighted by atomic mass is 9.46. The van der Waals surface area contributed by atoms with Crippen LogP contribution in [0, 0.1) is 22.7 Å². The van der Waals surface area contributed by atoms with Gasteiger partial charge in [0.05, 0.1) is 11.8 Å². The number of rotatable bonds is 4. The van der Waals surface area contributed by atoms with Crippen LogP contribution in [-0.2, 0) is 4.79 Å². The van der Waals surface area contributed by atoms with Crippen LogP contribution in [0.25, 0.3) is 0 Å². The van der Waals surface area contributed by atoms with E-state index in [1.54, 1.807) is 6.07 Å². The molecule has 0 saturated heterocycles. The van der Waals surface area contributed by atoms with E-state index in [0.29, 0.717) is 23.5 Å². The van der Waals surface area contributed by atoms with Crippen LogP contribution in [0.4, 0.5) is 0 Å². The number of carbonyl (C=O) groups is 2. The minimum Gasteiger partial charge on any atom is -0.478 e. The molecule has 1 heterocycles. The molecule has 1 saturated carbocycles. The van der Waals surface area contributed by atoms with Gasteiger partial charge >= 0.3 is 5.97 Å². The summed E-state index contributed by atoms with van der Waals surface area (Å²) in [7, 11) is 0. The van der Waals surface area contributed by atoms with E-state index < -0.39 is 5.97 Å². The van der Waals surface area contributed by atoms with Gasteiger partial charge in [-0.1, -0.05) is 26.8 Å². The van der Waals surface area contributed by atoms with Crippen LogP contribution in [0.3, 0.4) is 0 Å². The maximum absolute atomic E-state index is 12.7. The molecule has 0 bridgehead atoms. The second-order valence-corrected chi connectivity index (χ2v) is 8.03. The minimum atomic E-state index is -0.805. The fraction of sp³-hybridized carbons (Fsp3) is 0.600. The number of fused-ring (bicyclic) bond motifs is 1. The second kappa shape index (κ2) is 5.91. The van der Waals surface area contributed by atoms with Gasteiger partial charge in [-0.3, -0.25) is 4.79 Å². The number of hydrogen-bond donors (Lipinski definition) is 1. The van der Waals surface area contributed by atoms with Gasteiger partial charge < -0.3 is 9.52 Å². The normalized spacial score (nSPS) is 35.9. The number of Topliss-reactive ketones (excluding diaryl/α,β-unsaturated/α-hetero) is 1. The first kappa shape index (κ1) is 17.0. The highest BCUT2D eigenvalue weighted by molar-refractivity contribution is 5.96. The highest BCUT2D eigenvalue weighted by Gasteiger charge is 2.55. The molecule has 24 heavy (non-hydrogen) atoms. The van der Waals surface area contributed by atoms with Crippen molar-refractivity contribution in [1.82, 2.24) is 0 Å². The zero-order chi connectivity index (χ0) is 17.5. The maximum Gasteiger partial charge on any atom is 0.331 e. The third-order valence-electron chi connectivity index (χ3n) is 6.82. The molecular formula is C20H26O4. The molecule has 3 rings (SSSR count). The molecule has 0 radical (unpaired) electrons. The Morgan fingerprint density at radius 1 is 1.33 bits per heavy atom. The summed E-state index contributed by atoms with van der Waals surface area (Å²) in [5.74, 6) is -0.116. The number of carbonyl (C=O) groups excluding carboxylic acids is 1. The van der Waals surface area contributed by atoms with Crippen molar-refractivity contribution in [1.29, 1.82) is 0 Å². The summed E-state index contributed by atoms with van der Waals surface area (Å²) >= 11 is 0. The quantitative estimate of drug-likeness (QED) is 0.811. The van der Waals surface area contributed by atoms with E-state index in [1.807, 2.05) is 6.08 Å². The van der Waals surface area contributed by atoms with E-state index in [9.17, 15) is 14.7 Å². The SMILES string of the molecule is C[C@@H]1CC[C@@]2(C)C(C(=O)O)=CCCC2[C@@]1(C)CC(=O)c1ccoc1. The first-order valence-corrected chi connectivity index (χ1v) is 8.78. The molecule has 0 spiro atoms. The maximum atomic E-state index is 12.7. The predicted molar refractivity (Wildman–Crippen MR) is 90.7 cm³/mol. The molecule has 4 atom stereocenters. The van der Waals surface area contributed by atoms with Crippen LogP contribution in [-0.4, -0.2) is 16.9 Å². The van der Waals surface area contributed by atoms with Crippen molar-refractivity contribution in [3.63, 3.8) is 0 Å². The Bertz CT molecular complexity index is 672. The zero-order valence-electron chi connectivity index (χ0n) is 14.7. The summed E-state index contributed by atoms with van der Waals surface area (Å²) < 4.78 is 5.05. The van der Waals surface area contributed by atoms with Gasteiger partial charge in [-0.05, 0) is 49.0 Å². The van der Waals surface area contributed by atoms with Crippen molar-refractivity contribution in [2.75, 3.05) is 0 Å². The molecule has 1 aromatic heterocycles. The lowest BCUT2D eigenvalue weighted by Crippen LogP contribution is -2.51. The van der Waals surface area contributed by atoms with Gasteiger partial charge in [0.15, 0.2) is 5.78 Å². The monoisotopic (exact) mass is 330 g/mol. The van der Waals surface area contributed by atoms with E-state index in [-0.39, 0.29) is 22.5 Å². The van der Waals surface area contributed by atoms with E-state index in [1.165, 1.54) is 12.5 Å². The van der Waals surface area contributed by atoms with Gasteiger partial charge in [0.2, 0.25) is 0 Å². The number of carboxylic acid groups (broad SMARTS) is 1. The van der Waals surface area contributed by atoms with E-state index >= 15 is 0 Å². The molecule has 0 aliphatic heterocycles. The first-order chi connectivity index (χ1) is 11.3. The zero-order valence-corrected chi connectivity index (χ0v) is 14.7. The number of allylic oxidation sites excluding steroid dienone is 1. The number of ketones is 1. The van der Waals surface area contributed by atoms with Gasteiger partial charge in [0, 0.05) is 17.4 Å². The summed E-state index contributed by atoms with van der Waals surface area (Å²) in [5.41, 5.74) is 0.617. The van der Waals surface area contributed by atoms with Crippen LogP contribution in [0.5, 0.6) is 0 Å². The number of aliphatic carboxylic acids is 1. The molecule has 130 valence electrons. The third kappa shape index (κ3) is 2.52. The Balaban J connectivity index is 1.95. The summed E-state index contributed by atoms with van der Waals surface area (Å²) in [4.78, 5) is 24.5. The summed E-state index contributed by atoms with van der Waals surface area (Å²) in [6.07, 6.45) is 8.93. The Morgan fingerprint density at radius 3 is 2.71 bits per heavy atom. The highest BCUT2D eigenvalue weighted by atomic mass is 16.4. The first-order valence-electron chi connectivity index (χ1n) is 8.78. The molecule has 1 fully saturated rings. The Labute approximate surface area is 142 Å². The Morgan fingerprint density at radius 2 is 2.08 bits per heavy atom. The van der Waals surface area contributed by atoms with Crippen molar-refractivity contribution >= 4 is 11.8 Å². The lowest BCUT2D eigenvalue weighted by Gasteiger charge is -2.57. The van der Waals surface area contributed by atoms with Gasteiger partial charge in [0.25, 0.3) is 0 Å². The van der Waals surface area contributed by atoms with Crippen molar-refractivity contribution in [3.8, 4) is 0 Å². The number of carboxylic acids is 1. The highest BCUT2D eigenvalue weighted by Crippen LogP contribution is 2.61. The third-order valence-corrected chi connectivity index (χ3v) is 6.82. The fourth-order valence-corrected chi connectivity index (χ4v) is 5.19. The standard InChI is InChI=1S/C20H26O4/c1-13-7-9-19(2)15(18(22)23)5-4-6-17(19)20(13,3)11-16(21)14-8-10-24-12-14/h5,8,10,12-13,17H,4,6-7,9,11H2,1-3H3,(H,22,23)/t13-,17?,19+,20+/m1/s1. The van der Waals surface area contributed by atoms with Crippen LogP contribution in [0.15, 0.2) is 34.7 Å². The van der Waals surface area contributed by atoms with Gasteiger partial charge in [0.1, 0.15) is 6.26 Å². The average Bonchev–Trinajstić information content (AvgIpc) is 3.05. The molecule has 0 amide bonds. The molecule has 2 aliphatic rings. The van der Waals surface area contributed by atoms with Gasteiger partial charge in [-0.25, -0.2) is 4.79 Å². The lowest BCUT2D eigenvalue weighted by molar-refractivity contribution is -0.136. The Hall–Kier alpha value is -1.84. The van der Waals surface area contributed by atoms with Crippen molar-refractivity contribution in [2.45, 2.75) is 52.9 Å². The molecule has 1 unspecified atom stereocenters. The summed E-state index contributed by atoms with van der Waals surface area (Å²) in [6, 6.07) is 1.71. The van der Waals surface area contributed by atoms with Crippen LogP contribution in [0.2, 0.25) is 0 Å². The molecule has 4 heteroatoms. The topological polar surface area (TPSA) is 67.5 Å². The second-order valence-electron chi connectivity index (χ2n) is 8.03. The number of hydrogen-bond acceptors (Lipinski definition) is 3. The van der Waals surface area contributed by atoms with Crippen molar-refractivity contribution in [2.24, 2.45) is 22.7 Å².